The van der Waals surface area contributed by atoms with E-state index in [0.717, 1.165) is 11.3 Å². The van der Waals surface area contributed by atoms with Gasteiger partial charge < -0.3 is 14.5 Å². The van der Waals surface area contributed by atoms with Gasteiger partial charge in [-0.05, 0) is 19.1 Å². The fourth-order valence-electron chi connectivity index (χ4n) is 3.41. The standard InChI is InChI=1S/C20H19Cl3N6O/c1-12-11-28(18-15(22)10-24-20(27-18)30-2)7-8-29(12)19-25-16(9-17(23)26-19)13-3-5-14(21)6-4-13/h3-6,9-10,12H,7-8,11H2,1-2H3/t12-/m1/s1. The van der Waals surface area contributed by atoms with Gasteiger partial charge in [0.15, 0.2) is 5.82 Å². The molecule has 1 atom stereocenters. The predicted octanol–water partition coefficient (Wildman–Crippen LogP) is 4.62. The summed E-state index contributed by atoms with van der Waals surface area (Å²) in [5.41, 5.74) is 1.68. The van der Waals surface area contributed by atoms with Crippen molar-refractivity contribution >= 4 is 46.6 Å². The van der Waals surface area contributed by atoms with Gasteiger partial charge in [0.25, 0.3) is 0 Å². The first-order valence-electron chi connectivity index (χ1n) is 9.33. The van der Waals surface area contributed by atoms with Crippen LogP contribution in [0.3, 0.4) is 0 Å². The summed E-state index contributed by atoms with van der Waals surface area (Å²) < 4.78 is 5.13. The molecule has 3 aromatic rings. The van der Waals surface area contributed by atoms with Crippen LogP contribution in [0, 0.1) is 0 Å². The topological polar surface area (TPSA) is 67.3 Å². The molecule has 30 heavy (non-hydrogen) atoms. The summed E-state index contributed by atoms with van der Waals surface area (Å²) in [6.45, 7) is 4.16. The van der Waals surface area contributed by atoms with Gasteiger partial charge in [-0.1, -0.05) is 46.9 Å². The lowest BCUT2D eigenvalue weighted by Crippen LogP contribution is -2.53. The van der Waals surface area contributed by atoms with Crippen LogP contribution < -0.4 is 14.5 Å². The molecule has 0 N–H and O–H groups in total. The number of rotatable bonds is 4. The molecule has 10 heteroatoms. The minimum absolute atomic E-state index is 0.104. The summed E-state index contributed by atoms with van der Waals surface area (Å²) in [5, 5.41) is 1.55. The fraction of sp³-hybridized carbons (Fsp3) is 0.300. The third kappa shape index (κ3) is 4.38. The van der Waals surface area contributed by atoms with E-state index in [1.54, 1.807) is 12.3 Å². The lowest BCUT2D eigenvalue weighted by atomic mass is 10.1. The van der Waals surface area contributed by atoms with Gasteiger partial charge in [0.05, 0.1) is 19.0 Å². The molecular weight excluding hydrogens is 447 g/mol. The van der Waals surface area contributed by atoms with E-state index in [4.69, 9.17) is 44.5 Å². The minimum Gasteiger partial charge on any atom is -0.467 e. The van der Waals surface area contributed by atoms with E-state index in [1.807, 2.05) is 24.3 Å². The van der Waals surface area contributed by atoms with Crippen LogP contribution in [0.15, 0.2) is 36.5 Å². The van der Waals surface area contributed by atoms with Crippen molar-refractivity contribution < 1.29 is 4.74 Å². The smallest absolute Gasteiger partial charge is 0.318 e. The molecule has 1 aromatic carbocycles. The van der Waals surface area contributed by atoms with Crippen molar-refractivity contribution in [3.63, 3.8) is 0 Å². The van der Waals surface area contributed by atoms with Crippen molar-refractivity contribution in [1.82, 2.24) is 19.9 Å². The number of ether oxygens (including phenoxy) is 1. The van der Waals surface area contributed by atoms with Gasteiger partial charge in [-0.25, -0.2) is 15.0 Å². The zero-order valence-corrected chi connectivity index (χ0v) is 18.7. The Balaban J connectivity index is 1.57. The van der Waals surface area contributed by atoms with Crippen molar-refractivity contribution in [3.8, 4) is 17.3 Å². The molecule has 7 nitrogen and oxygen atoms in total. The average molecular weight is 466 g/mol. The summed E-state index contributed by atoms with van der Waals surface area (Å²) in [7, 11) is 1.53. The number of methoxy groups -OCH3 is 1. The summed E-state index contributed by atoms with van der Waals surface area (Å²) in [6, 6.07) is 9.62. The highest BCUT2D eigenvalue weighted by Crippen LogP contribution is 2.29. The van der Waals surface area contributed by atoms with Gasteiger partial charge in [0.1, 0.15) is 10.2 Å². The first kappa shape index (κ1) is 20.9. The Morgan fingerprint density at radius 2 is 1.80 bits per heavy atom. The zero-order valence-electron chi connectivity index (χ0n) is 16.4. The number of hydrogen-bond acceptors (Lipinski definition) is 7. The maximum absolute atomic E-state index is 6.32. The second-order valence-corrected chi connectivity index (χ2v) is 8.13. The molecule has 0 bridgehead atoms. The fourth-order valence-corrected chi connectivity index (χ4v) is 3.93. The molecule has 1 aliphatic rings. The monoisotopic (exact) mass is 464 g/mol. The molecule has 4 rings (SSSR count). The van der Waals surface area contributed by atoms with E-state index in [-0.39, 0.29) is 12.1 Å². The molecule has 1 fully saturated rings. The van der Waals surface area contributed by atoms with Gasteiger partial charge in [0.2, 0.25) is 5.95 Å². The first-order valence-corrected chi connectivity index (χ1v) is 10.5. The molecule has 2 aromatic heterocycles. The van der Waals surface area contributed by atoms with Crippen molar-refractivity contribution in [1.29, 1.82) is 0 Å². The van der Waals surface area contributed by atoms with E-state index in [0.29, 0.717) is 46.6 Å². The summed E-state index contributed by atoms with van der Waals surface area (Å²) in [4.78, 5) is 21.9. The summed E-state index contributed by atoms with van der Waals surface area (Å²) in [5.74, 6) is 1.25. The SMILES string of the molecule is COc1ncc(Cl)c(N2CCN(c3nc(Cl)cc(-c4ccc(Cl)cc4)n3)[C@H](C)C2)n1. The Kier molecular flexibility index (Phi) is 6.13. The molecule has 0 spiro atoms. The van der Waals surface area contributed by atoms with E-state index in [9.17, 15) is 0 Å². The third-order valence-corrected chi connectivity index (χ3v) is 5.61. The molecule has 0 unspecified atom stereocenters. The Morgan fingerprint density at radius 3 is 2.50 bits per heavy atom. The van der Waals surface area contributed by atoms with Crippen LogP contribution >= 0.6 is 34.8 Å². The zero-order chi connectivity index (χ0) is 21.3. The van der Waals surface area contributed by atoms with Crippen molar-refractivity contribution in [2.45, 2.75) is 13.0 Å². The number of halogens is 3. The van der Waals surface area contributed by atoms with Crippen LogP contribution in [0.5, 0.6) is 6.01 Å². The highest BCUT2D eigenvalue weighted by Gasteiger charge is 2.28. The molecular formula is C20H19Cl3N6O. The molecule has 0 amide bonds. The van der Waals surface area contributed by atoms with Crippen molar-refractivity contribution in [2.24, 2.45) is 0 Å². The average Bonchev–Trinajstić information content (AvgIpc) is 2.74. The van der Waals surface area contributed by atoms with E-state index >= 15 is 0 Å². The van der Waals surface area contributed by atoms with Crippen molar-refractivity contribution in [2.75, 3.05) is 36.5 Å². The number of nitrogens with zero attached hydrogens (tertiary/aromatic N) is 6. The van der Waals surface area contributed by atoms with Crippen LogP contribution in [0.4, 0.5) is 11.8 Å². The van der Waals surface area contributed by atoms with E-state index in [1.165, 1.54) is 7.11 Å². The highest BCUT2D eigenvalue weighted by atomic mass is 35.5. The lowest BCUT2D eigenvalue weighted by molar-refractivity contribution is 0.379. The summed E-state index contributed by atoms with van der Waals surface area (Å²) >= 11 is 18.6. The van der Waals surface area contributed by atoms with Crippen LogP contribution in [0.1, 0.15) is 6.92 Å². The Hall–Kier alpha value is -2.35. The van der Waals surface area contributed by atoms with Crippen molar-refractivity contribution in [3.05, 3.63) is 51.7 Å². The first-order chi connectivity index (χ1) is 14.4. The largest absolute Gasteiger partial charge is 0.467 e. The number of piperazine rings is 1. The van der Waals surface area contributed by atoms with Gasteiger partial charge >= 0.3 is 6.01 Å². The number of aromatic nitrogens is 4. The second kappa shape index (κ2) is 8.79. The van der Waals surface area contributed by atoms with Gasteiger partial charge in [-0.2, -0.15) is 4.98 Å². The Morgan fingerprint density at radius 1 is 1.03 bits per heavy atom. The minimum atomic E-state index is 0.104. The van der Waals surface area contributed by atoms with E-state index < -0.39 is 0 Å². The number of hydrogen-bond donors (Lipinski definition) is 0. The lowest BCUT2D eigenvalue weighted by Gasteiger charge is -2.40. The number of benzene rings is 1. The molecule has 1 saturated heterocycles. The summed E-state index contributed by atoms with van der Waals surface area (Å²) in [6.07, 6.45) is 1.55. The van der Waals surface area contributed by atoms with Crippen LogP contribution in [0.2, 0.25) is 15.2 Å². The molecule has 3 heterocycles. The number of anilines is 2. The van der Waals surface area contributed by atoms with Gasteiger partial charge in [-0.15, -0.1) is 0 Å². The van der Waals surface area contributed by atoms with E-state index in [2.05, 4.69) is 31.7 Å². The Bertz CT molecular complexity index is 1050. The molecule has 0 saturated carbocycles. The van der Waals surface area contributed by atoms with Crippen LogP contribution in [-0.4, -0.2) is 52.7 Å². The third-order valence-electron chi connectivity index (χ3n) is 4.89. The Labute approximate surface area is 189 Å². The normalized spacial score (nSPS) is 16.6. The predicted molar refractivity (Wildman–Crippen MR) is 120 cm³/mol. The second-order valence-electron chi connectivity index (χ2n) is 6.90. The van der Waals surface area contributed by atoms with Gasteiger partial charge in [0, 0.05) is 42.3 Å². The molecule has 0 radical (unpaired) electrons. The van der Waals surface area contributed by atoms with Gasteiger partial charge in [-0.3, -0.25) is 0 Å². The maximum Gasteiger partial charge on any atom is 0.318 e. The highest BCUT2D eigenvalue weighted by molar-refractivity contribution is 6.32. The quantitative estimate of drug-likeness (QED) is 0.521. The molecule has 156 valence electrons. The molecule has 0 aliphatic carbocycles. The molecule has 1 aliphatic heterocycles. The van der Waals surface area contributed by atoms with Crippen LogP contribution in [0.25, 0.3) is 11.3 Å². The van der Waals surface area contributed by atoms with Crippen LogP contribution in [-0.2, 0) is 0 Å². The maximum atomic E-state index is 6.32.